The lowest BCUT2D eigenvalue weighted by Gasteiger charge is -2.26. The van der Waals surface area contributed by atoms with Gasteiger partial charge in [-0.15, -0.1) is 0 Å². The zero-order valence-corrected chi connectivity index (χ0v) is 13.4. The Hall–Kier alpha value is -1.58. The van der Waals surface area contributed by atoms with Crippen molar-refractivity contribution < 1.29 is 4.79 Å². The summed E-state index contributed by atoms with van der Waals surface area (Å²) in [7, 11) is 0. The molecule has 1 aromatic heterocycles. The van der Waals surface area contributed by atoms with Gasteiger partial charge in [0.05, 0.1) is 0 Å². The van der Waals surface area contributed by atoms with E-state index in [1.165, 1.54) is 25.7 Å². The number of anilines is 1. The van der Waals surface area contributed by atoms with E-state index < -0.39 is 0 Å². The molecule has 1 aliphatic carbocycles. The molecule has 116 valence electrons. The fourth-order valence-corrected chi connectivity index (χ4v) is 2.87. The van der Waals surface area contributed by atoms with Gasteiger partial charge in [0.15, 0.2) is 0 Å². The van der Waals surface area contributed by atoms with Crippen LogP contribution in [0.4, 0.5) is 5.82 Å². The number of nitrogen functional groups attached to an aromatic ring is 1. The molecule has 4 heteroatoms. The van der Waals surface area contributed by atoms with Crippen molar-refractivity contribution in [1.82, 2.24) is 10.3 Å². The Bertz CT molecular complexity index is 491. The van der Waals surface area contributed by atoms with Gasteiger partial charge >= 0.3 is 0 Å². The molecule has 1 aromatic rings. The van der Waals surface area contributed by atoms with Crippen LogP contribution in [0.15, 0.2) is 12.1 Å². The SMILES string of the molecule is CC1CCC(CNC(=O)c2cc(N)nc(C(C)C)c2)CC1. The monoisotopic (exact) mass is 289 g/mol. The summed E-state index contributed by atoms with van der Waals surface area (Å²) < 4.78 is 0. The highest BCUT2D eigenvalue weighted by Crippen LogP contribution is 2.27. The van der Waals surface area contributed by atoms with Crippen LogP contribution in [0, 0.1) is 11.8 Å². The number of rotatable bonds is 4. The number of hydrogen-bond acceptors (Lipinski definition) is 3. The summed E-state index contributed by atoms with van der Waals surface area (Å²) in [6.07, 6.45) is 4.99. The van der Waals surface area contributed by atoms with Crippen molar-refractivity contribution in [2.24, 2.45) is 11.8 Å². The largest absolute Gasteiger partial charge is 0.384 e. The molecule has 0 bridgehead atoms. The van der Waals surface area contributed by atoms with Gasteiger partial charge in [-0.2, -0.15) is 0 Å². The lowest BCUT2D eigenvalue weighted by Crippen LogP contribution is -2.31. The number of nitrogens with one attached hydrogen (secondary N) is 1. The van der Waals surface area contributed by atoms with Crippen LogP contribution < -0.4 is 11.1 Å². The molecule has 0 saturated heterocycles. The molecule has 1 amide bonds. The van der Waals surface area contributed by atoms with E-state index >= 15 is 0 Å². The first kappa shape index (κ1) is 15.8. The standard InChI is InChI=1S/C17H27N3O/c1-11(2)15-8-14(9-16(18)20-15)17(21)19-10-13-6-4-12(3)5-7-13/h8-9,11-13H,4-7,10H2,1-3H3,(H2,18,20)(H,19,21). The van der Waals surface area contributed by atoms with Crippen molar-refractivity contribution in [3.63, 3.8) is 0 Å². The fraction of sp³-hybridized carbons (Fsp3) is 0.647. The Balaban J connectivity index is 1.94. The average Bonchev–Trinajstić information content (AvgIpc) is 2.45. The number of carbonyl (C=O) groups is 1. The van der Waals surface area contributed by atoms with Crippen molar-refractivity contribution in [3.8, 4) is 0 Å². The molecular weight excluding hydrogens is 262 g/mol. The van der Waals surface area contributed by atoms with E-state index in [1.54, 1.807) is 6.07 Å². The molecule has 1 heterocycles. The Morgan fingerprint density at radius 2 is 2.00 bits per heavy atom. The predicted molar refractivity (Wildman–Crippen MR) is 86.2 cm³/mol. The van der Waals surface area contributed by atoms with E-state index in [2.05, 4.69) is 17.2 Å². The molecule has 1 fully saturated rings. The van der Waals surface area contributed by atoms with E-state index in [1.807, 2.05) is 19.9 Å². The van der Waals surface area contributed by atoms with Crippen molar-refractivity contribution >= 4 is 11.7 Å². The van der Waals surface area contributed by atoms with E-state index in [0.29, 0.717) is 17.3 Å². The molecule has 0 unspecified atom stereocenters. The van der Waals surface area contributed by atoms with Gasteiger partial charge in [-0.05, 0) is 42.7 Å². The molecule has 0 spiro atoms. The molecular formula is C17H27N3O. The van der Waals surface area contributed by atoms with Gasteiger partial charge in [0.25, 0.3) is 5.91 Å². The molecule has 0 aromatic carbocycles. The topological polar surface area (TPSA) is 68.0 Å². The molecule has 0 aliphatic heterocycles. The highest BCUT2D eigenvalue weighted by molar-refractivity contribution is 5.94. The molecule has 1 aliphatic rings. The van der Waals surface area contributed by atoms with Crippen LogP contribution in [0.25, 0.3) is 0 Å². The summed E-state index contributed by atoms with van der Waals surface area (Å²) >= 11 is 0. The minimum Gasteiger partial charge on any atom is -0.384 e. The number of aromatic nitrogens is 1. The summed E-state index contributed by atoms with van der Waals surface area (Å²) in [6, 6.07) is 3.50. The molecule has 4 nitrogen and oxygen atoms in total. The van der Waals surface area contributed by atoms with Crippen molar-refractivity contribution in [2.75, 3.05) is 12.3 Å². The van der Waals surface area contributed by atoms with Crippen LogP contribution in [0.5, 0.6) is 0 Å². The van der Waals surface area contributed by atoms with Crippen LogP contribution >= 0.6 is 0 Å². The summed E-state index contributed by atoms with van der Waals surface area (Å²) in [6.45, 7) is 7.17. The molecule has 1 saturated carbocycles. The normalized spacial score (nSPS) is 22.3. The third-order valence-electron chi connectivity index (χ3n) is 4.41. The van der Waals surface area contributed by atoms with E-state index in [4.69, 9.17) is 5.73 Å². The minimum absolute atomic E-state index is 0.0374. The zero-order valence-electron chi connectivity index (χ0n) is 13.4. The van der Waals surface area contributed by atoms with E-state index in [0.717, 1.165) is 18.2 Å². The second kappa shape index (κ2) is 6.92. The van der Waals surface area contributed by atoms with Crippen LogP contribution in [0.2, 0.25) is 0 Å². The second-order valence-corrected chi connectivity index (χ2v) is 6.70. The third-order valence-corrected chi connectivity index (χ3v) is 4.41. The second-order valence-electron chi connectivity index (χ2n) is 6.70. The maximum atomic E-state index is 12.3. The molecule has 21 heavy (non-hydrogen) atoms. The van der Waals surface area contributed by atoms with Crippen LogP contribution in [-0.4, -0.2) is 17.4 Å². The first-order valence-corrected chi connectivity index (χ1v) is 8.01. The third kappa shape index (κ3) is 4.45. The minimum atomic E-state index is -0.0374. The van der Waals surface area contributed by atoms with E-state index in [9.17, 15) is 4.79 Å². The van der Waals surface area contributed by atoms with Gasteiger partial charge in [-0.25, -0.2) is 4.98 Å². The number of amides is 1. The van der Waals surface area contributed by atoms with Crippen LogP contribution in [-0.2, 0) is 0 Å². The van der Waals surface area contributed by atoms with Gasteiger partial charge in [0, 0.05) is 17.8 Å². The highest BCUT2D eigenvalue weighted by Gasteiger charge is 2.19. The predicted octanol–water partition coefficient (Wildman–Crippen LogP) is 3.34. The Morgan fingerprint density at radius 3 is 2.62 bits per heavy atom. The van der Waals surface area contributed by atoms with Gasteiger partial charge in [0.2, 0.25) is 0 Å². The lowest BCUT2D eigenvalue weighted by molar-refractivity contribution is 0.0941. The summed E-state index contributed by atoms with van der Waals surface area (Å²) in [4.78, 5) is 16.6. The molecule has 0 radical (unpaired) electrons. The molecule has 0 atom stereocenters. The van der Waals surface area contributed by atoms with E-state index in [-0.39, 0.29) is 11.8 Å². The van der Waals surface area contributed by atoms with Crippen molar-refractivity contribution in [2.45, 2.75) is 52.4 Å². The smallest absolute Gasteiger partial charge is 0.251 e. The molecule has 2 rings (SSSR count). The average molecular weight is 289 g/mol. The van der Waals surface area contributed by atoms with Gasteiger partial charge in [0.1, 0.15) is 5.82 Å². The molecule has 3 N–H and O–H groups in total. The highest BCUT2D eigenvalue weighted by atomic mass is 16.1. The number of carbonyl (C=O) groups excluding carboxylic acids is 1. The quantitative estimate of drug-likeness (QED) is 0.893. The Kier molecular flexibility index (Phi) is 5.21. The summed E-state index contributed by atoms with van der Waals surface area (Å²) in [5, 5.41) is 3.05. The first-order valence-electron chi connectivity index (χ1n) is 8.01. The first-order chi connectivity index (χ1) is 9.95. The lowest BCUT2D eigenvalue weighted by atomic mass is 9.83. The van der Waals surface area contributed by atoms with Gasteiger partial charge in [-0.1, -0.05) is 33.6 Å². The van der Waals surface area contributed by atoms with Crippen molar-refractivity contribution in [3.05, 3.63) is 23.4 Å². The number of nitrogens with zero attached hydrogens (tertiary/aromatic N) is 1. The number of nitrogens with two attached hydrogens (primary N) is 1. The number of hydrogen-bond donors (Lipinski definition) is 2. The van der Waals surface area contributed by atoms with Gasteiger partial charge in [-0.3, -0.25) is 4.79 Å². The van der Waals surface area contributed by atoms with Gasteiger partial charge < -0.3 is 11.1 Å². The number of pyridine rings is 1. The maximum absolute atomic E-state index is 12.3. The fourth-order valence-electron chi connectivity index (χ4n) is 2.87. The van der Waals surface area contributed by atoms with Crippen LogP contribution in [0.3, 0.4) is 0 Å². The maximum Gasteiger partial charge on any atom is 0.251 e. The summed E-state index contributed by atoms with van der Waals surface area (Å²) in [5.41, 5.74) is 7.29. The zero-order chi connectivity index (χ0) is 15.4. The van der Waals surface area contributed by atoms with Crippen molar-refractivity contribution in [1.29, 1.82) is 0 Å². The summed E-state index contributed by atoms with van der Waals surface area (Å²) in [5.74, 6) is 2.10. The van der Waals surface area contributed by atoms with Crippen LogP contribution in [0.1, 0.15) is 68.4 Å². The Morgan fingerprint density at radius 1 is 1.33 bits per heavy atom. The Labute approximate surface area is 127 Å².